The van der Waals surface area contributed by atoms with Crippen LogP contribution in [0.25, 0.3) is 10.9 Å². The second kappa shape index (κ2) is 10.1. The van der Waals surface area contributed by atoms with Gasteiger partial charge in [0.15, 0.2) is 0 Å². The van der Waals surface area contributed by atoms with Gasteiger partial charge in [0.2, 0.25) is 5.91 Å². The van der Waals surface area contributed by atoms with Gasteiger partial charge in [-0.1, -0.05) is 51.1 Å². The Kier molecular flexibility index (Phi) is 7.07. The van der Waals surface area contributed by atoms with Crippen LogP contribution < -0.4 is 16.6 Å². The Labute approximate surface area is 210 Å². The van der Waals surface area contributed by atoms with Gasteiger partial charge in [0.1, 0.15) is 23.5 Å². The molecule has 1 amide bonds. The summed E-state index contributed by atoms with van der Waals surface area (Å²) in [6.45, 7) is 5.87. The normalized spacial score (nSPS) is 12.5. The van der Waals surface area contributed by atoms with Gasteiger partial charge in [0.05, 0.1) is 10.9 Å². The van der Waals surface area contributed by atoms with Crippen LogP contribution in [0.4, 0.5) is 13.2 Å². The molecule has 0 spiro atoms. The highest BCUT2D eigenvalue weighted by atomic mass is 19.1. The Morgan fingerprint density at radius 3 is 2.24 bits per heavy atom. The number of carbonyl (C=O) groups excluding carboxylic acids is 1. The minimum absolute atomic E-state index is 0.0323. The number of rotatable bonds is 6. The molecule has 0 aliphatic heterocycles. The zero-order valence-corrected chi connectivity index (χ0v) is 20.6. The van der Waals surface area contributed by atoms with Gasteiger partial charge in [0.25, 0.3) is 5.56 Å². The van der Waals surface area contributed by atoms with Crippen LogP contribution in [-0.2, 0) is 23.2 Å². The van der Waals surface area contributed by atoms with Crippen molar-refractivity contribution >= 4 is 16.8 Å². The third kappa shape index (κ3) is 5.66. The first-order chi connectivity index (χ1) is 17.4. The Morgan fingerprint density at radius 2 is 1.59 bits per heavy atom. The molecule has 2 N–H and O–H groups in total. The van der Waals surface area contributed by atoms with E-state index in [1.807, 2.05) is 12.1 Å². The van der Waals surface area contributed by atoms with Gasteiger partial charge in [-0.05, 0) is 40.8 Å². The standard InChI is InChI=1S/C28H26F3N3O3/c1-28(2,3)18-7-4-16(5-8-18)12-24(25(35)32-15-17-6-9-20(30)14-22(17)31)34-26(36)21-13-19(29)10-11-23(21)33-27(34)37/h4-11,13-14,24H,12,15H2,1-3H3,(H,32,35)(H,33,37)/t24-/m0/s1. The maximum absolute atomic E-state index is 14.1. The fourth-order valence-electron chi connectivity index (χ4n) is 4.11. The number of fused-ring (bicyclic) bond motifs is 1. The molecule has 37 heavy (non-hydrogen) atoms. The number of nitrogens with one attached hydrogen (secondary N) is 2. The van der Waals surface area contributed by atoms with Crippen LogP contribution in [0.5, 0.6) is 0 Å². The number of H-pyrrole nitrogens is 1. The molecule has 0 unspecified atom stereocenters. The SMILES string of the molecule is CC(C)(C)c1ccc(C[C@@H](C(=O)NCc2ccc(F)cc2F)n2c(=O)[nH]c3ccc(F)cc3c2=O)cc1. The van der Waals surface area contributed by atoms with Crippen LogP contribution in [0.1, 0.15) is 43.5 Å². The number of hydrogen-bond donors (Lipinski definition) is 2. The summed E-state index contributed by atoms with van der Waals surface area (Å²) in [4.78, 5) is 42.1. The van der Waals surface area contributed by atoms with Crippen LogP contribution in [0.3, 0.4) is 0 Å². The van der Waals surface area contributed by atoms with E-state index in [4.69, 9.17) is 0 Å². The summed E-state index contributed by atoms with van der Waals surface area (Å²) in [5.74, 6) is -3.00. The van der Waals surface area contributed by atoms with E-state index >= 15 is 0 Å². The molecule has 0 fully saturated rings. The summed E-state index contributed by atoms with van der Waals surface area (Å²) in [5, 5.41) is 2.45. The zero-order chi connectivity index (χ0) is 26.9. The first-order valence-electron chi connectivity index (χ1n) is 11.7. The van der Waals surface area contributed by atoms with E-state index in [0.717, 1.165) is 28.3 Å². The second-order valence-electron chi connectivity index (χ2n) is 9.92. The number of benzene rings is 3. The molecule has 3 aromatic carbocycles. The molecular weight excluding hydrogens is 483 g/mol. The number of aromatic nitrogens is 2. The molecule has 1 heterocycles. The number of halogens is 3. The third-order valence-corrected chi connectivity index (χ3v) is 6.22. The smallest absolute Gasteiger partial charge is 0.329 e. The van der Waals surface area contributed by atoms with Crippen molar-refractivity contribution in [3.05, 3.63) is 116 Å². The molecule has 0 saturated carbocycles. The molecule has 0 aliphatic rings. The number of nitrogens with zero attached hydrogens (tertiary/aromatic N) is 1. The lowest BCUT2D eigenvalue weighted by Gasteiger charge is -2.21. The fraction of sp³-hybridized carbons (Fsp3) is 0.250. The predicted molar refractivity (Wildman–Crippen MR) is 135 cm³/mol. The molecule has 0 saturated heterocycles. The lowest BCUT2D eigenvalue weighted by molar-refractivity contribution is -0.124. The summed E-state index contributed by atoms with van der Waals surface area (Å²) in [6.07, 6.45) is -0.0357. The van der Waals surface area contributed by atoms with Crippen LogP contribution in [0.15, 0.2) is 70.3 Å². The first-order valence-corrected chi connectivity index (χ1v) is 11.7. The highest BCUT2D eigenvalue weighted by Gasteiger charge is 2.26. The highest BCUT2D eigenvalue weighted by molar-refractivity contribution is 5.82. The van der Waals surface area contributed by atoms with Gasteiger partial charge in [-0.15, -0.1) is 0 Å². The molecule has 4 aromatic rings. The van der Waals surface area contributed by atoms with Crippen molar-refractivity contribution in [2.75, 3.05) is 0 Å². The molecule has 0 aliphatic carbocycles. The van der Waals surface area contributed by atoms with E-state index in [2.05, 4.69) is 31.1 Å². The van der Waals surface area contributed by atoms with Gasteiger partial charge < -0.3 is 10.3 Å². The lowest BCUT2D eigenvalue weighted by atomic mass is 9.86. The van der Waals surface area contributed by atoms with E-state index in [0.29, 0.717) is 11.6 Å². The third-order valence-electron chi connectivity index (χ3n) is 6.22. The molecule has 4 rings (SSSR count). The predicted octanol–water partition coefficient (Wildman–Crippen LogP) is 4.50. The van der Waals surface area contributed by atoms with E-state index in [-0.39, 0.29) is 34.8 Å². The Balaban J connectivity index is 1.74. The monoisotopic (exact) mass is 509 g/mol. The van der Waals surface area contributed by atoms with Gasteiger partial charge in [-0.25, -0.2) is 22.5 Å². The molecule has 1 aromatic heterocycles. The van der Waals surface area contributed by atoms with Crippen molar-refractivity contribution < 1.29 is 18.0 Å². The van der Waals surface area contributed by atoms with Crippen molar-refractivity contribution in [3.63, 3.8) is 0 Å². The van der Waals surface area contributed by atoms with E-state index in [1.54, 1.807) is 12.1 Å². The molecular formula is C28H26F3N3O3. The maximum Gasteiger partial charge on any atom is 0.329 e. The zero-order valence-electron chi connectivity index (χ0n) is 20.6. The quantitative estimate of drug-likeness (QED) is 0.401. The minimum Gasteiger partial charge on any atom is -0.350 e. The van der Waals surface area contributed by atoms with Gasteiger partial charge >= 0.3 is 5.69 Å². The van der Waals surface area contributed by atoms with Crippen LogP contribution in [0.2, 0.25) is 0 Å². The molecule has 1 atom stereocenters. The van der Waals surface area contributed by atoms with Crippen molar-refractivity contribution in [2.45, 2.75) is 45.2 Å². The Morgan fingerprint density at radius 1 is 0.946 bits per heavy atom. The number of carbonyl (C=O) groups is 1. The Hall–Kier alpha value is -4.14. The summed E-state index contributed by atoms with van der Waals surface area (Å²) in [6, 6.07) is 12.4. The van der Waals surface area contributed by atoms with E-state index < -0.39 is 40.6 Å². The summed E-state index contributed by atoms with van der Waals surface area (Å²) in [7, 11) is 0. The lowest BCUT2D eigenvalue weighted by Crippen LogP contribution is -2.45. The van der Waals surface area contributed by atoms with E-state index in [1.165, 1.54) is 12.1 Å². The number of hydrogen-bond acceptors (Lipinski definition) is 3. The molecule has 0 bridgehead atoms. The van der Waals surface area contributed by atoms with Crippen molar-refractivity contribution in [1.29, 1.82) is 0 Å². The van der Waals surface area contributed by atoms with Gasteiger partial charge in [-0.3, -0.25) is 9.59 Å². The molecule has 192 valence electrons. The molecule has 6 nitrogen and oxygen atoms in total. The van der Waals surface area contributed by atoms with E-state index in [9.17, 15) is 27.6 Å². The van der Waals surface area contributed by atoms with Gasteiger partial charge in [0, 0.05) is 24.6 Å². The number of amides is 1. The fourth-order valence-corrected chi connectivity index (χ4v) is 4.11. The largest absolute Gasteiger partial charge is 0.350 e. The average molecular weight is 510 g/mol. The molecule has 0 radical (unpaired) electrons. The van der Waals surface area contributed by atoms with Crippen molar-refractivity contribution in [2.24, 2.45) is 0 Å². The van der Waals surface area contributed by atoms with Crippen LogP contribution in [-0.4, -0.2) is 15.5 Å². The maximum atomic E-state index is 14.1. The minimum atomic E-state index is -1.33. The molecule has 9 heteroatoms. The van der Waals surface area contributed by atoms with Crippen LogP contribution >= 0.6 is 0 Å². The average Bonchev–Trinajstić information content (AvgIpc) is 2.83. The number of aromatic amines is 1. The second-order valence-corrected chi connectivity index (χ2v) is 9.92. The summed E-state index contributed by atoms with van der Waals surface area (Å²) < 4.78 is 42.0. The van der Waals surface area contributed by atoms with Gasteiger partial charge in [-0.2, -0.15) is 0 Å². The summed E-state index contributed by atoms with van der Waals surface area (Å²) >= 11 is 0. The van der Waals surface area contributed by atoms with Crippen LogP contribution in [0, 0.1) is 17.5 Å². The summed E-state index contributed by atoms with van der Waals surface area (Å²) in [5.41, 5.74) is 0.109. The topological polar surface area (TPSA) is 84.0 Å². The Bertz CT molecular complexity index is 1590. The first kappa shape index (κ1) is 25.9. The van der Waals surface area contributed by atoms with Crippen molar-refractivity contribution in [3.8, 4) is 0 Å². The van der Waals surface area contributed by atoms with Crippen molar-refractivity contribution in [1.82, 2.24) is 14.9 Å². The highest BCUT2D eigenvalue weighted by Crippen LogP contribution is 2.23.